The van der Waals surface area contributed by atoms with Crippen molar-refractivity contribution in [2.75, 3.05) is 11.5 Å². The van der Waals surface area contributed by atoms with Gasteiger partial charge in [-0.25, -0.2) is 0 Å². The highest BCUT2D eigenvalue weighted by Crippen LogP contribution is 2.45. The molecule has 0 unspecified atom stereocenters. The van der Waals surface area contributed by atoms with Crippen molar-refractivity contribution >= 4 is 11.4 Å². The van der Waals surface area contributed by atoms with E-state index in [0.717, 1.165) is 34.4 Å². The molecule has 224 valence electrons. The monoisotopic (exact) mass is 578 g/mol. The van der Waals surface area contributed by atoms with Crippen LogP contribution in [0.1, 0.15) is 135 Å². The van der Waals surface area contributed by atoms with E-state index in [9.17, 15) is 26.3 Å². The maximum Gasteiger partial charge on any atom is 0.416 e. The molecule has 0 aliphatic rings. The van der Waals surface area contributed by atoms with Gasteiger partial charge in [0, 0.05) is 17.3 Å². The van der Waals surface area contributed by atoms with Gasteiger partial charge in [0.1, 0.15) is 0 Å². The number of halogens is 6. The summed E-state index contributed by atoms with van der Waals surface area (Å²) in [4.78, 5) is 0. The number of alkyl halides is 6. The zero-order valence-electron chi connectivity index (χ0n) is 24.9. The average molecular weight is 579 g/mol. The van der Waals surface area contributed by atoms with Crippen LogP contribution >= 0.6 is 0 Å². The van der Waals surface area contributed by atoms with Crippen LogP contribution < -0.4 is 11.5 Å². The van der Waals surface area contributed by atoms with Crippen LogP contribution in [0.15, 0.2) is 42.5 Å². The fraction of sp³-hybridized carbons (Fsp3) is 0.455. The third kappa shape index (κ3) is 6.84. The molecule has 3 aromatic rings. The normalized spacial score (nSPS) is 13.0. The van der Waals surface area contributed by atoms with Gasteiger partial charge in [0.15, 0.2) is 0 Å². The molecule has 4 N–H and O–H groups in total. The summed E-state index contributed by atoms with van der Waals surface area (Å²) in [5.41, 5.74) is 15.8. The molecular weight excluding hydrogens is 538 g/mol. The molecule has 0 bridgehead atoms. The van der Waals surface area contributed by atoms with Crippen molar-refractivity contribution in [3.05, 3.63) is 92.5 Å². The van der Waals surface area contributed by atoms with Crippen LogP contribution in [0.3, 0.4) is 0 Å². The number of anilines is 2. The van der Waals surface area contributed by atoms with Crippen LogP contribution in [0.25, 0.3) is 0 Å². The van der Waals surface area contributed by atoms with Gasteiger partial charge in [-0.05, 0) is 80.8 Å². The minimum Gasteiger partial charge on any atom is -0.398 e. The summed E-state index contributed by atoms with van der Waals surface area (Å²) in [6, 6.07) is 9.14. The third-order valence-corrected chi connectivity index (χ3v) is 7.63. The first kappa shape index (κ1) is 32.4. The molecule has 3 aromatic carbocycles. The lowest BCUT2D eigenvalue weighted by atomic mass is 9.78. The zero-order chi connectivity index (χ0) is 31.2. The maximum absolute atomic E-state index is 14.0. The first-order valence-corrected chi connectivity index (χ1v) is 13.9. The lowest BCUT2D eigenvalue weighted by Gasteiger charge is -2.28. The van der Waals surface area contributed by atoms with Crippen LogP contribution in [0.4, 0.5) is 37.7 Å². The average Bonchev–Trinajstić information content (AvgIpc) is 2.83. The lowest BCUT2D eigenvalue weighted by molar-refractivity contribution is -0.143. The number of hydrogen-bond acceptors (Lipinski definition) is 2. The van der Waals surface area contributed by atoms with Crippen molar-refractivity contribution in [3.8, 4) is 0 Å². The van der Waals surface area contributed by atoms with E-state index in [1.807, 2.05) is 79.7 Å². The summed E-state index contributed by atoms with van der Waals surface area (Å²) < 4.78 is 83.9. The molecule has 41 heavy (non-hydrogen) atoms. The molecule has 8 heteroatoms. The van der Waals surface area contributed by atoms with Crippen molar-refractivity contribution < 1.29 is 26.3 Å². The number of nitrogens with two attached hydrogens (primary N) is 2. The van der Waals surface area contributed by atoms with Gasteiger partial charge in [-0.3, -0.25) is 0 Å². The molecule has 0 saturated heterocycles. The molecule has 0 radical (unpaired) electrons. The Hall–Kier alpha value is -3.16. The van der Waals surface area contributed by atoms with Crippen molar-refractivity contribution in [1.82, 2.24) is 0 Å². The number of nitrogen functional groups attached to an aromatic ring is 2. The fourth-order valence-electron chi connectivity index (χ4n) is 5.41. The second-order valence-corrected chi connectivity index (χ2v) is 12.1. The summed E-state index contributed by atoms with van der Waals surface area (Å²) >= 11 is 0. The van der Waals surface area contributed by atoms with E-state index in [1.54, 1.807) is 0 Å². The molecule has 0 atom stereocenters. The zero-order valence-corrected chi connectivity index (χ0v) is 24.9. The Bertz CT molecular complexity index is 1240. The van der Waals surface area contributed by atoms with E-state index < -0.39 is 29.4 Å². The predicted molar refractivity (Wildman–Crippen MR) is 155 cm³/mol. The summed E-state index contributed by atoms with van der Waals surface area (Å²) in [6.07, 6.45) is -9.94. The van der Waals surface area contributed by atoms with Crippen LogP contribution in [0.5, 0.6) is 0 Å². The van der Waals surface area contributed by atoms with Gasteiger partial charge in [0.05, 0.1) is 11.1 Å². The van der Waals surface area contributed by atoms with E-state index in [-0.39, 0.29) is 35.3 Å². The van der Waals surface area contributed by atoms with Gasteiger partial charge in [-0.2, -0.15) is 26.3 Å². The summed E-state index contributed by atoms with van der Waals surface area (Å²) in [7, 11) is 0. The van der Waals surface area contributed by atoms with E-state index >= 15 is 0 Å². The number of hydrogen-bond donors (Lipinski definition) is 2. The molecule has 0 heterocycles. The molecule has 0 fully saturated rings. The van der Waals surface area contributed by atoms with Crippen molar-refractivity contribution in [1.29, 1.82) is 0 Å². The molecule has 0 aliphatic carbocycles. The lowest BCUT2D eigenvalue weighted by Crippen LogP contribution is -2.15. The van der Waals surface area contributed by atoms with Gasteiger partial charge in [0.2, 0.25) is 0 Å². The minimum absolute atomic E-state index is 0.0239. The summed E-state index contributed by atoms with van der Waals surface area (Å²) in [6.45, 7) is 15.6. The first-order valence-electron chi connectivity index (χ1n) is 13.9. The number of benzene rings is 3. The molecule has 0 aromatic heterocycles. The van der Waals surface area contributed by atoms with Crippen LogP contribution in [0.2, 0.25) is 0 Å². The van der Waals surface area contributed by atoms with E-state index in [2.05, 4.69) is 0 Å². The van der Waals surface area contributed by atoms with Crippen molar-refractivity contribution in [3.63, 3.8) is 0 Å². The molecular formula is C33H40F6N2. The molecule has 0 amide bonds. The van der Waals surface area contributed by atoms with E-state index in [4.69, 9.17) is 11.5 Å². The van der Waals surface area contributed by atoms with Crippen molar-refractivity contribution in [2.45, 2.75) is 97.3 Å². The fourth-order valence-corrected chi connectivity index (χ4v) is 5.41. The largest absolute Gasteiger partial charge is 0.416 e. The smallest absolute Gasteiger partial charge is 0.398 e. The standard InChI is InChI=1S/C33H40F6N2/c1-16(2)25-11-21(12-26(17(3)4)30(25)40)29(22-13-27(18(5)6)31(41)28(14-22)19(7)8)20-9-23(32(34,35)36)15-24(10-20)33(37,38)39/h9-19,29H,40-41H2,1-8H3. The van der Waals surface area contributed by atoms with Crippen LogP contribution in [-0.4, -0.2) is 0 Å². The molecule has 2 nitrogen and oxygen atoms in total. The minimum atomic E-state index is -4.97. The third-order valence-electron chi connectivity index (χ3n) is 7.63. The predicted octanol–water partition coefficient (Wildman–Crippen LogP) is 10.6. The first-order chi connectivity index (χ1) is 18.7. The van der Waals surface area contributed by atoms with Gasteiger partial charge in [-0.15, -0.1) is 0 Å². The van der Waals surface area contributed by atoms with E-state index in [1.165, 1.54) is 0 Å². The number of rotatable bonds is 7. The van der Waals surface area contributed by atoms with Crippen LogP contribution in [0, 0.1) is 0 Å². The van der Waals surface area contributed by atoms with Crippen molar-refractivity contribution in [2.24, 2.45) is 0 Å². The Kier molecular flexibility index (Phi) is 9.16. The topological polar surface area (TPSA) is 52.0 Å². The Morgan fingerprint density at radius 2 is 0.683 bits per heavy atom. The molecule has 0 aliphatic heterocycles. The second kappa shape index (κ2) is 11.6. The Balaban J connectivity index is 2.56. The highest BCUT2D eigenvalue weighted by Gasteiger charge is 2.38. The Labute approximate surface area is 239 Å². The Morgan fingerprint density at radius 3 is 0.902 bits per heavy atom. The summed E-state index contributed by atoms with van der Waals surface area (Å²) in [5, 5.41) is 0. The van der Waals surface area contributed by atoms with E-state index in [0.29, 0.717) is 22.5 Å². The highest BCUT2D eigenvalue weighted by molar-refractivity contribution is 5.64. The Morgan fingerprint density at radius 1 is 0.439 bits per heavy atom. The quantitative estimate of drug-likeness (QED) is 0.166. The van der Waals surface area contributed by atoms with Crippen LogP contribution in [-0.2, 0) is 12.4 Å². The van der Waals surface area contributed by atoms with Gasteiger partial charge in [-0.1, -0.05) is 79.7 Å². The highest BCUT2D eigenvalue weighted by atomic mass is 19.4. The molecule has 0 saturated carbocycles. The van der Waals surface area contributed by atoms with Gasteiger partial charge < -0.3 is 11.5 Å². The maximum atomic E-state index is 14.0. The SMILES string of the molecule is CC(C)c1cc(C(c2cc(C(F)(F)F)cc(C(F)(F)F)c2)c2cc(C(C)C)c(N)c(C(C)C)c2)cc(C(C)C)c1N. The molecule has 0 spiro atoms. The second-order valence-electron chi connectivity index (χ2n) is 12.1. The van der Waals surface area contributed by atoms with Gasteiger partial charge in [0.25, 0.3) is 0 Å². The van der Waals surface area contributed by atoms with Gasteiger partial charge >= 0.3 is 12.4 Å². The molecule has 3 rings (SSSR count). The summed E-state index contributed by atoms with van der Waals surface area (Å²) in [5.74, 6) is -1.04.